The second kappa shape index (κ2) is 7.66. The lowest BCUT2D eigenvalue weighted by molar-refractivity contribution is 0.109. The van der Waals surface area contributed by atoms with Gasteiger partial charge in [0.2, 0.25) is 5.89 Å². The summed E-state index contributed by atoms with van der Waals surface area (Å²) in [6.45, 7) is 2.92. The highest BCUT2D eigenvalue weighted by molar-refractivity contribution is 5.43. The number of rotatable bonds is 7. The predicted molar refractivity (Wildman–Crippen MR) is 88.6 cm³/mol. The second-order valence-electron chi connectivity index (χ2n) is 6.18. The van der Waals surface area contributed by atoms with Gasteiger partial charge >= 0.3 is 0 Å². The van der Waals surface area contributed by atoms with Crippen LogP contribution >= 0.6 is 0 Å². The van der Waals surface area contributed by atoms with Crippen LogP contribution in [0.2, 0.25) is 0 Å². The molecule has 2 heterocycles. The van der Waals surface area contributed by atoms with Gasteiger partial charge in [0.1, 0.15) is 0 Å². The molecule has 6 nitrogen and oxygen atoms in total. The van der Waals surface area contributed by atoms with Gasteiger partial charge in [0.25, 0.3) is 0 Å². The lowest BCUT2D eigenvalue weighted by Gasteiger charge is -2.11. The Bertz CT molecular complexity index is 665. The number of hydrogen-bond donors (Lipinski definition) is 0. The first-order valence-corrected chi connectivity index (χ1v) is 8.34. The fourth-order valence-electron chi connectivity index (χ4n) is 3.01. The molecule has 0 spiro atoms. The highest BCUT2D eigenvalue weighted by Crippen LogP contribution is 2.30. The van der Waals surface area contributed by atoms with Crippen molar-refractivity contribution in [1.82, 2.24) is 10.1 Å². The first-order chi connectivity index (χ1) is 11.7. The van der Waals surface area contributed by atoms with E-state index in [4.69, 9.17) is 18.7 Å². The maximum absolute atomic E-state index is 5.62. The minimum Gasteiger partial charge on any atom is -0.493 e. The van der Waals surface area contributed by atoms with Gasteiger partial charge in [-0.1, -0.05) is 18.1 Å². The molecule has 1 aliphatic heterocycles. The van der Waals surface area contributed by atoms with Crippen molar-refractivity contribution < 1.29 is 18.7 Å². The van der Waals surface area contributed by atoms with E-state index in [2.05, 4.69) is 17.1 Å². The summed E-state index contributed by atoms with van der Waals surface area (Å²) in [6, 6.07) is 5.93. The molecule has 2 aromatic rings. The van der Waals surface area contributed by atoms with Crippen LogP contribution in [0.25, 0.3) is 0 Å². The summed E-state index contributed by atoms with van der Waals surface area (Å²) in [5, 5.41) is 4.09. The molecule has 0 amide bonds. The Morgan fingerprint density at radius 2 is 2.08 bits per heavy atom. The second-order valence-corrected chi connectivity index (χ2v) is 6.18. The molecule has 1 aliphatic rings. The van der Waals surface area contributed by atoms with Gasteiger partial charge in [0.15, 0.2) is 17.3 Å². The monoisotopic (exact) mass is 332 g/mol. The SMILES string of the molecule is COc1ccc(C[C@H](C)c2nc(C[C@H]3CCCO3)no2)cc1OC. The first kappa shape index (κ1) is 16.8. The third kappa shape index (κ3) is 3.87. The van der Waals surface area contributed by atoms with E-state index in [1.807, 2.05) is 18.2 Å². The Labute approximate surface area is 142 Å². The molecule has 24 heavy (non-hydrogen) atoms. The maximum atomic E-state index is 5.62. The van der Waals surface area contributed by atoms with Crippen LogP contribution in [0.5, 0.6) is 11.5 Å². The van der Waals surface area contributed by atoms with Crippen molar-refractivity contribution in [2.24, 2.45) is 0 Å². The van der Waals surface area contributed by atoms with E-state index in [9.17, 15) is 0 Å². The summed E-state index contributed by atoms with van der Waals surface area (Å²) < 4.78 is 21.7. The average molecular weight is 332 g/mol. The zero-order valence-corrected chi connectivity index (χ0v) is 14.4. The Morgan fingerprint density at radius 3 is 2.79 bits per heavy atom. The van der Waals surface area contributed by atoms with Crippen molar-refractivity contribution in [3.05, 3.63) is 35.5 Å². The summed E-state index contributed by atoms with van der Waals surface area (Å²) in [6.07, 6.45) is 3.95. The van der Waals surface area contributed by atoms with Crippen LogP contribution in [0.4, 0.5) is 0 Å². The summed E-state index contributed by atoms with van der Waals surface area (Å²) in [4.78, 5) is 4.53. The number of aromatic nitrogens is 2. The molecule has 0 unspecified atom stereocenters. The van der Waals surface area contributed by atoms with E-state index >= 15 is 0 Å². The van der Waals surface area contributed by atoms with Crippen LogP contribution in [0.15, 0.2) is 22.7 Å². The van der Waals surface area contributed by atoms with E-state index in [1.54, 1.807) is 14.2 Å². The smallest absolute Gasteiger partial charge is 0.229 e. The minimum absolute atomic E-state index is 0.133. The fourth-order valence-corrected chi connectivity index (χ4v) is 3.01. The standard InChI is InChI=1S/C18H24N2O4/c1-12(9-13-6-7-15(21-2)16(10-13)22-3)18-19-17(20-24-18)11-14-5-4-8-23-14/h6-7,10,12,14H,4-5,8-9,11H2,1-3H3/t12-,14+/m0/s1. The average Bonchev–Trinajstić information content (AvgIpc) is 3.27. The van der Waals surface area contributed by atoms with Crippen molar-refractivity contribution in [1.29, 1.82) is 0 Å². The van der Waals surface area contributed by atoms with Crippen molar-refractivity contribution >= 4 is 0 Å². The zero-order valence-electron chi connectivity index (χ0n) is 14.4. The van der Waals surface area contributed by atoms with Crippen LogP contribution in [-0.2, 0) is 17.6 Å². The fraction of sp³-hybridized carbons (Fsp3) is 0.556. The molecule has 0 aliphatic carbocycles. The van der Waals surface area contributed by atoms with Crippen LogP contribution < -0.4 is 9.47 Å². The molecule has 3 rings (SSSR count). The van der Waals surface area contributed by atoms with Crippen LogP contribution in [0.1, 0.15) is 43.0 Å². The summed E-state index contributed by atoms with van der Waals surface area (Å²) in [7, 11) is 3.27. The van der Waals surface area contributed by atoms with E-state index < -0.39 is 0 Å². The largest absolute Gasteiger partial charge is 0.493 e. The molecule has 6 heteroatoms. The van der Waals surface area contributed by atoms with E-state index in [1.165, 1.54) is 0 Å². The normalized spacial score (nSPS) is 18.5. The highest BCUT2D eigenvalue weighted by Gasteiger charge is 2.21. The Morgan fingerprint density at radius 1 is 1.25 bits per heavy atom. The van der Waals surface area contributed by atoms with Gasteiger partial charge in [-0.2, -0.15) is 4.98 Å². The number of benzene rings is 1. The van der Waals surface area contributed by atoms with Gasteiger partial charge < -0.3 is 18.7 Å². The molecular weight excluding hydrogens is 308 g/mol. The van der Waals surface area contributed by atoms with Crippen molar-refractivity contribution in [3.8, 4) is 11.5 Å². The third-order valence-electron chi connectivity index (χ3n) is 4.33. The van der Waals surface area contributed by atoms with E-state index in [-0.39, 0.29) is 12.0 Å². The molecule has 0 radical (unpaired) electrons. The van der Waals surface area contributed by atoms with Gasteiger partial charge in [0.05, 0.1) is 20.3 Å². The van der Waals surface area contributed by atoms with E-state index in [0.29, 0.717) is 5.89 Å². The predicted octanol–water partition coefficient (Wildman–Crippen LogP) is 3.15. The van der Waals surface area contributed by atoms with Gasteiger partial charge in [0, 0.05) is 18.9 Å². The van der Waals surface area contributed by atoms with E-state index in [0.717, 1.165) is 55.2 Å². The molecule has 1 aromatic heterocycles. The number of methoxy groups -OCH3 is 2. The number of ether oxygens (including phenoxy) is 3. The Hall–Kier alpha value is -2.08. The Kier molecular flexibility index (Phi) is 5.35. The minimum atomic E-state index is 0.133. The van der Waals surface area contributed by atoms with Crippen molar-refractivity contribution in [2.75, 3.05) is 20.8 Å². The number of nitrogens with zero attached hydrogens (tertiary/aromatic N) is 2. The highest BCUT2D eigenvalue weighted by atomic mass is 16.5. The van der Waals surface area contributed by atoms with Crippen molar-refractivity contribution in [3.63, 3.8) is 0 Å². The molecule has 2 atom stereocenters. The molecule has 1 saturated heterocycles. The topological polar surface area (TPSA) is 66.6 Å². The van der Waals surface area contributed by atoms with Crippen LogP contribution in [-0.4, -0.2) is 37.1 Å². The van der Waals surface area contributed by atoms with Gasteiger partial charge in [-0.25, -0.2) is 0 Å². The van der Waals surface area contributed by atoms with Gasteiger partial charge in [-0.05, 0) is 37.0 Å². The summed E-state index contributed by atoms with van der Waals surface area (Å²) in [5.74, 6) is 2.99. The zero-order chi connectivity index (χ0) is 16.9. The molecule has 1 fully saturated rings. The lowest BCUT2D eigenvalue weighted by Crippen LogP contribution is -2.10. The van der Waals surface area contributed by atoms with Gasteiger partial charge in [-0.15, -0.1) is 0 Å². The molecule has 130 valence electrons. The number of hydrogen-bond acceptors (Lipinski definition) is 6. The maximum Gasteiger partial charge on any atom is 0.229 e. The molecular formula is C18H24N2O4. The van der Waals surface area contributed by atoms with Crippen LogP contribution in [0, 0.1) is 0 Å². The summed E-state index contributed by atoms with van der Waals surface area (Å²) >= 11 is 0. The lowest BCUT2D eigenvalue weighted by atomic mass is 10.0. The summed E-state index contributed by atoms with van der Waals surface area (Å²) in [5.41, 5.74) is 1.14. The van der Waals surface area contributed by atoms with Crippen LogP contribution in [0.3, 0.4) is 0 Å². The molecule has 0 N–H and O–H groups in total. The van der Waals surface area contributed by atoms with Crippen molar-refractivity contribution in [2.45, 2.75) is 44.6 Å². The van der Waals surface area contributed by atoms with Gasteiger partial charge in [-0.3, -0.25) is 0 Å². The molecule has 1 aromatic carbocycles. The Balaban J connectivity index is 1.64. The molecule has 0 bridgehead atoms. The third-order valence-corrected chi connectivity index (χ3v) is 4.33. The first-order valence-electron chi connectivity index (χ1n) is 8.34. The quantitative estimate of drug-likeness (QED) is 0.776. The molecule has 0 saturated carbocycles.